The molecule has 1 aliphatic heterocycles. The highest BCUT2D eigenvalue weighted by atomic mass is 16.5. The van der Waals surface area contributed by atoms with Crippen molar-refractivity contribution in [2.45, 2.75) is 70.1 Å². The van der Waals surface area contributed by atoms with Crippen LogP contribution >= 0.6 is 0 Å². The van der Waals surface area contributed by atoms with Crippen LogP contribution in [-0.2, 0) is 41.6 Å². The van der Waals surface area contributed by atoms with Crippen LogP contribution in [0.5, 0.6) is 5.75 Å². The smallest absolute Gasteiger partial charge is 0.142 e. The number of benzene rings is 2. The quantitative estimate of drug-likeness (QED) is 0.235. The Balaban J connectivity index is 1.46. The maximum Gasteiger partial charge on any atom is 0.142 e. The van der Waals surface area contributed by atoms with Crippen LogP contribution in [0.15, 0.2) is 42.5 Å². The second-order valence-electron chi connectivity index (χ2n) is 11.0. The molecule has 0 bridgehead atoms. The summed E-state index contributed by atoms with van der Waals surface area (Å²) in [5.74, 6) is 1.09. The molecule has 0 saturated heterocycles. The maximum absolute atomic E-state index is 6.72. The van der Waals surface area contributed by atoms with Gasteiger partial charge in [0.15, 0.2) is 0 Å². The molecule has 0 amide bonds. The average molecular weight is 572 g/mol. The van der Waals surface area contributed by atoms with Gasteiger partial charge in [0.25, 0.3) is 0 Å². The summed E-state index contributed by atoms with van der Waals surface area (Å²) in [6.07, 6.45) is 4.25. The first-order valence-electron chi connectivity index (χ1n) is 15.0. The van der Waals surface area contributed by atoms with Gasteiger partial charge in [0.2, 0.25) is 0 Å². The van der Waals surface area contributed by atoms with Gasteiger partial charge >= 0.3 is 0 Å². The number of nitrogens with zero attached hydrogens (tertiary/aromatic N) is 1. The summed E-state index contributed by atoms with van der Waals surface area (Å²) in [4.78, 5) is 2.39. The van der Waals surface area contributed by atoms with Gasteiger partial charge in [0, 0.05) is 40.4 Å². The third-order valence-electron chi connectivity index (χ3n) is 8.01. The van der Waals surface area contributed by atoms with E-state index in [2.05, 4.69) is 47.4 Å². The van der Waals surface area contributed by atoms with E-state index in [9.17, 15) is 0 Å². The lowest BCUT2D eigenvalue weighted by atomic mass is 9.79. The maximum atomic E-state index is 6.72. The summed E-state index contributed by atoms with van der Waals surface area (Å²) >= 11 is 0. The molecule has 8 heteroatoms. The van der Waals surface area contributed by atoms with Gasteiger partial charge in [0.05, 0.1) is 63.6 Å². The molecule has 0 spiro atoms. The fourth-order valence-corrected chi connectivity index (χ4v) is 5.66. The lowest BCUT2D eigenvalue weighted by molar-refractivity contribution is -0.0879. The summed E-state index contributed by atoms with van der Waals surface area (Å²) in [6, 6.07) is 15.2. The van der Waals surface area contributed by atoms with E-state index in [0.29, 0.717) is 39.6 Å². The molecule has 0 unspecified atom stereocenters. The molecular formula is C33H49NO7. The minimum Gasteiger partial charge on any atom is -0.490 e. The fraction of sp³-hybridized carbons (Fsp3) is 0.636. The molecule has 1 saturated carbocycles. The molecule has 4 rings (SSSR count). The molecule has 0 N–H and O–H groups in total. The lowest BCUT2D eigenvalue weighted by Gasteiger charge is -2.39. The minimum absolute atomic E-state index is 0.0492. The standard InChI is InChI=1S/C33H49NO7/c1-25(37-4)22-40-31-7-5-8-32(33(31)28-12-9-26(10-13-28)23-38-20-19-36-3)41-24-27-11-14-30-29(21-27)34(16-18-39-30)15-6-17-35-2/h9-14,21,25,31-33H,5-8,15-20,22-24H2,1-4H3/t25-,31-,32+,33+/m1/s1. The van der Waals surface area contributed by atoms with Crippen LogP contribution in [0, 0.1) is 0 Å². The van der Waals surface area contributed by atoms with Gasteiger partial charge in [-0.2, -0.15) is 0 Å². The molecule has 8 nitrogen and oxygen atoms in total. The van der Waals surface area contributed by atoms with E-state index in [1.807, 2.05) is 6.92 Å². The third kappa shape index (κ3) is 9.40. The van der Waals surface area contributed by atoms with Crippen LogP contribution in [0.25, 0.3) is 0 Å². The van der Waals surface area contributed by atoms with E-state index in [1.165, 1.54) is 5.56 Å². The number of methoxy groups -OCH3 is 3. The zero-order valence-electron chi connectivity index (χ0n) is 25.3. The van der Waals surface area contributed by atoms with E-state index < -0.39 is 0 Å². The Labute approximate surface area is 246 Å². The molecular weight excluding hydrogens is 522 g/mol. The monoisotopic (exact) mass is 571 g/mol. The van der Waals surface area contributed by atoms with Gasteiger partial charge in [-0.3, -0.25) is 0 Å². The normalized spacial score (nSPS) is 21.4. The molecule has 2 aromatic rings. The van der Waals surface area contributed by atoms with Crippen LogP contribution in [0.2, 0.25) is 0 Å². The van der Waals surface area contributed by atoms with Gasteiger partial charge in [0.1, 0.15) is 12.4 Å². The van der Waals surface area contributed by atoms with Crippen molar-refractivity contribution in [1.82, 2.24) is 0 Å². The number of anilines is 1. The number of rotatable bonds is 17. The highest BCUT2D eigenvalue weighted by molar-refractivity contribution is 5.61. The SMILES string of the molecule is COCCCN1CCOc2ccc(CO[C@H]3CCC[C@@H](OC[C@@H](C)OC)[C@@H]3c3ccc(COCCOC)cc3)cc21. The van der Waals surface area contributed by atoms with Crippen LogP contribution in [0.3, 0.4) is 0 Å². The summed E-state index contributed by atoms with van der Waals surface area (Å²) < 4.78 is 40.7. The topological polar surface area (TPSA) is 67.9 Å². The van der Waals surface area contributed by atoms with E-state index in [0.717, 1.165) is 67.9 Å². The van der Waals surface area contributed by atoms with Crippen molar-refractivity contribution in [3.05, 3.63) is 59.2 Å². The predicted molar refractivity (Wildman–Crippen MR) is 160 cm³/mol. The van der Waals surface area contributed by atoms with Crippen LogP contribution in [0.1, 0.15) is 55.2 Å². The molecule has 0 aromatic heterocycles. The highest BCUT2D eigenvalue weighted by Crippen LogP contribution is 2.39. The molecule has 228 valence electrons. The molecule has 1 aliphatic carbocycles. The van der Waals surface area contributed by atoms with Gasteiger partial charge in [-0.25, -0.2) is 0 Å². The highest BCUT2D eigenvalue weighted by Gasteiger charge is 2.36. The first-order valence-corrected chi connectivity index (χ1v) is 15.0. The van der Waals surface area contributed by atoms with Crippen LogP contribution in [-0.4, -0.2) is 85.8 Å². The number of hydrogen-bond acceptors (Lipinski definition) is 8. The number of fused-ring (bicyclic) bond motifs is 1. The Bertz CT molecular complexity index is 1020. The zero-order valence-corrected chi connectivity index (χ0v) is 25.3. The second kappa shape index (κ2) is 17.0. The van der Waals surface area contributed by atoms with Crippen molar-refractivity contribution in [3.63, 3.8) is 0 Å². The lowest BCUT2D eigenvalue weighted by Crippen LogP contribution is -2.39. The summed E-state index contributed by atoms with van der Waals surface area (Å²) in [6.45, 7) is 8.22. The third-order valence-corrected chi connectivity index (χ3v) is 8.01. The van der Waals surface area contributed by atoms with Crippen molar-refractivity contribution in [2.75, 3.05) is 72.4 Å². The van der Waals surface area contributed by atoms with E-state index in [4.69, 9.17) is 33.2 Å². The zero-order chi connectivity index (χ0) is 28.9. The second-order valence-corrected chi connectivity index (χ2v) is 11.0. The van der Waals surface area contributed by atoms with Gasteiger partial charge in [-0.15, -0.1) is 0 Å². The first kappa shape index (κ1) is 31.7. The Kier molecular flexibility index (Phi) is 13.2. The van der Waals surface area contributed by atoms with Crippen LogP contribution < -0.4 is 9.64 Å². The van der Waals surface area contributed by atoms with Crippen molar-refractivity contribution in [3.8, 4) is 5.75 Å². The van der Waals surface area contributed by atoms with Crippen LogP contribution in [0.4, 0.5) is 5.69 Å². The Morgan fingerprint density at radius 2 is 1.63 bits per heavy atom. The van der Waals surface area contributed by atoms with E-state index >= 15 is 0 Å². The molecule has 1 fully saturated rings. The summed E-state index contributed by atoms with van der Waals surface area (Å²) in [5, 5.41) is 0. The molecule has 0 radical (unpaired) electrons. The number of ether oxygens (including phenoxy) is 7. The molecule has 4 atom stereocenters. The Hall–Kier alpha value is -2.20. The van der Waals surface area contributed by atoms with Gasteiger partial charge < -0.3 is 38.1 Å². The van der Waals surface area contributed by atoms with Crippen molar-refractivity contribution in [2.24, 2.45) is 0 Å². The summed E-state index contributed by atoms with van der Waals surface area (Å²) in [7, 11) is 5.17. The molecule has 1 heterocycles. The summed E-state index contributed by atoms with van der Waals surface area (Å²) in [5.41, 5.74) is 4.69. The Morgan fingerprint density at radius 3 is 2.39 bits per heavy atom. The van der Waals surface area contributed by atoms with Crippen molar-refractivity contribution in [1.29, 1.82) is 0 Å². The van der Waals surface area contributed by atoms with E-state index in [-0.39, 0.29) is 24.2 Å². The molecule has 2 aromatic carbocycles. The fourth-order valence-electron chi connectivity index (χ4n) is 5.66. The number of hydrogen-bond donors (Lipinski definition) is 0. The molecule has 41 heavy (non-hydrogen) atoms. The van der Waals surface area contributed by atoms with Crippen molar-refractivity contribution < 1.29 is 33.2 Å². The first-order chi connectivity index (χ1) is 20.1. The van der Waals surface area contributed by atoms with Gasteiger partial charge in [-0.1, -0.05) is 30.3 Å². The minimum atomic E-state index is 0.0492. The van der Waals surface area contributed by atoms with Gasteiger partial charge in [-0.05, 0) is 61.4 Å². The van der Waals surface area contributed by atoms with Crippen molar-refractivity contribution >= 4 is 5.69 Å². The molecule has 2 aliphatic rings. The largest absolute Gasteiger partial charge is 0.490 e. The Morgan fingerprint density at radius 1 is 0.878 bits per heavy atom. The van der Waals surface area contributed by atoms with E-state index in [1.54, 1.807) is 21.3 Å². The predicted octanol–water partition coefficient (Wildman–Crippen LogP) is 5.36. The average Bonchev–Trinajstić information content (AvgIpc) is 3.01.